The molecule has 0 spiro atoms. The smallest absolute Gasteiger partial charge is 0.327 e. The highest BCUT2D eigenvalue weighted by atomic mass is 16.4. The average molecular weight is 174 g/mol. The molecule has 0 fully saturated rings. The Morgan fingerprint density at radius 3 is 2.42 bits per heavy atom. The maximum atomic E-state index is 10.5. The van der Waals surface area contributed by atoms with Crippen molar-refractivity contribution in [3.05, 3.63) is 0 Å². The summed E-state index contributed by atoms with van der Waals surface area (Å²) in [4.78, 5) is 21.0. The minimum absolute atomic E-state index is 0.255. The Hall–Kier alpha value is -1.10. The Morgan fingerprint density at radius 2 is 2.08 bits per heavy atom. The molecule has 0 aliphatic heterocycles. The fourth-order valence-corrected chi connectivity index (χ4v) is 0.734. The Bertz CT molecular complexity index is 170. The Labute approximate surface area is 71.1 Å². The summed E-state index contributed by atoms with van der Waals surface area (Å²) in [5.41, 5.74) is 0. The molecule has 1 amide bonds. The summed E-state index contributed by atoms with van der Waals surface area (Å²) in [5, 5.41) is 13.7. The molecule has 0 saturated carbocycles. The van der Waals surface area contributed by atoms with Gasteiger partial charge in [-0.3, -0.25) is 4.79 Å². The Kier molecular flexibility index (Phi) is 5.03. The van der Waals surface area contributed by atoms with Crippen LogP contribution in [-0.4, -0.2) is 36.1 Å². The number of nitrogens with one attached hydrogen (secondary N) is 2. The summed E-state index contributed by atoms with van der Waals surface area (Å²) in [7, 11) is 0. The van der Waals surface area contributed by atoms with Gasteiger partial charge in [-0.1, -0.05) is 6.92 Å². The number of carboxylic acid groups (broad SMARTS) is 1. The largest absolute Gasteiger partial charge is 0.480 e. The topological polar surface area (TPSA) is 78.4 Å². The standard InChI is InChI=1S/C7H14N2O3/c1-3-8-4-6(7(11)12)9-5(2)10/h6,8H,3-4H2,1-2H3,(H,9,10)(H,11,12). The predicted octanol–water partition coefficient (Wildman–Crippen LogP) is -0.815. The lowest BCUT2D eigenvalue weighted by atomic mass is 10.3. The van der Waals surface area contributed by atoms with Gasteiger partial charge in [-0.2, -0.15) is 0 Å². The number of hydrogen-bond acceptors (Lipinski definition) is 3. The van der Waals surface area contributed by atoms with Gasteiger partial charge < -0.3 is 15.7 Å². The van der Waals surface area contributed by atoms with Crippen LogP contribution in [-0.2, 0) is 9.59 Å². The van der Waals surface area contributed by atoms with Crippen LogP contribution in [0.4, 0.5) is 0 Å². The number of carboxylic acids is 1. The van der Waals surface area contributed by atoms with Crippen LogP contribution in [0.5, 0.6) is 0 Å². The van der Waals surface area contributed by atoms with Crippen molar-refractivity contribution in [2.75, 3.05) is 13.1 Å². The van der Waals surface area contributed by atoms with Crippen LogP contribution >= 0.6 is 0 Å². The molecule has 0 aliphatic rings. The van der Waals surface area contributed by atoms with Crippen LogP contribution in [0.1, 0.15) is 13.8 Å². The van der Waals surface area contributed by atoms with Crippen molar-refractivity contribution in [1.82, 2.24) is 10.6 Å². The van der Waals surface area contributed by atoms with Gasteiger partial charge in [0.05, 0.1) is 0 Å². The zero-order chi connectivity index (χ0) is 9.56. The number of carbonyl (C=O) groups excluding carboxylic acids is 1. The highest BCUT2D eigenvalue weighted by Gasteiger charge is 2.16. The molecule has 0 rings (SSSR count). The molecule has 0 aliphatic carbocycles. The van der Waals surface area contributed by atoms with Gasteiger partial charge in [0.1, 0.15) is 6.04 Å². The van der Waals surface area contributed by atoms with Gasteiger partial charge in [-0.25, -0.2) is 4.79 Å². The lowest BCUT2D eigenvalue weighted by Gasteiger charge is -2.12. The van der Waals surface area contributed by atoms with Crippen molar-refractivity contribution in [2.45, 2.75) is 19.9 Å². The monoisotopic (exact) mass is 174 g/mol. The van der Waals surface area contributed by atoms with E-state index < -0.39 is 12.0 Å². The van der Waals surface area contributed by atoms with E-state index in [4.69, 9.17) is 5.11 Å². The quantitative estimate of drug-likeness (QED) is 0.509. The number of likely N-dealkylation sites (N-methyl/N-ethyl adjacent to an activating group) is 1. The van der Waals surface area contributed by atoms with Crippen molar-refractivity contribution in [3.63, 3.8) is 0 Å². The summed E-state index contributed by atoms with van der Waals surface area (Å²) in [6.45, 7) is 4.10. The second-order valence-corrected chi connectivity index (χ2v) is 2.40. The van der Waals surface area contributed by atoms with Crippen LogP contribution in [0.15, 0.2) is 0 Å². The van der Waals surface area contributed by atoms with E-state index in [0.29, 0.717) is 6.54 Å². The Balaban J connectivity index is 3.87. The van der Waals surface area contributed by atoms with E-state index >= 15 is 0 Å². The molecule has 0 radical (unpaired) electrons. The Morgan fingerprint density at radius 1 is 1.50 bits per heavy atom. The van der Waals surface area contributed by atoms with Crippen molar-refractivity contribution >= 4 is 11.9 Å². The predicted molar refractivity (Wildman–Crippen MR) is 43.8 cm³/mol. The van der Waals surface area contributed by atoms with Gasteiger partial charge in [-0.15, -0.1) is 0 Å². The molecule has 70 valence electrons. The molecule has 0 aromatic heterocycles. The van der Waals surface area contributed by atoms with Gasteiger partial charge in [0.15, 0.2) is 0 Å². The molecular formula is C7H14N2O3. The lowest BCUT2D eigenvalue weighted by Crippen LogP contribution is -2.46. The van der Waals surface area contributed by atoms with E-state index in [1.54, 1.807) is 0 Å². The lowest BCUT2D eigenvalue weighted by molar-refractivity contribution is -0.141. The minimum atomic E-state index is -1.02. The molecule has 3 N–H and O–H groups in total. The summed E-state index contributed by atoms with van der Waals surface area (Å²) in [5.74, 6) is -1.36. The molecule has 0 aromatic rings. The van der Waals surface area contributed by atoms with Crippen LogP contribution in [0.3, 0.4) is 0 Å². The number of carbonyl (C=O) groups is 2. The molecule has 0 saturated heterocycles. The van der Waals surface area contributed by atoms with Gasteiger partial charge in [-0.05, 0) is 6.54 Å². The van der Waals surface area contributed by atoms with E-state index in [1.807, 2.05) is 6.92 Å². The first-order valence-corrected chi connectivity index (χ1v) is 3.78. The van der Waals surface area contributed by atoms with Crippen molar-refractivity contribution in [1.29, 1.82) is 0 Å². The van der Waals surface area contributed by atoms with Crippen LogP contribution in [0, 0.1) is 0 Å². The minimum Gasteiger partial charge on any atom is -0.480 e. The number of rotatable bonds is 5. The second-order valence-electron chi connectivity index (χ2n) is 2.40. The third-order valence-corrected chi connectivity index (χ3v) is 1.27. The number of hydrogen-bond donors (Lipinski definition) is 3. The summed E-state index contributed by atoms with van der Waals surface area (Å²) >= 11 is 0. The highest BCUT2D eigenvalue weighted by Crippen LogP contribution is 1.81. The number of amides is 1. The fourth-order valence-electron chi connectivity index (χ4n) is 0.734. The third-order valence-electron chi connectivity index (χ3n) is 1.27. The molecule has 5 heteroatoms. The third kappa shape index (κ3) is 4.68. The fraction of sp³-hybridized carbons (Fsp3) is 0.714. The molecule has 1 atom stereocenters. The molecule has 1 unspecified atom stereocenters. The maximum Gasteiger partial charge on any atom is 0.327 e. The molecule has 5 nitrogen and oxygen atoms in total. The molecule has 0 bridgehead atoms. The first-order chi connectivity index (χ1) is 5.57. The zero-order valence-corrected chi connectivity index (χ0v) is 7.26. The van der Waals surface area contributed by atoms with Crippen LogP contribution < -0.4 is 10.6 Å². The van der Waals surface area contributed by atoms with Crippen molar-refractivity contribution in [2.24, 2.45) is 0 Å². The summed E-state index contributed by atoms with van der Waals surface area (Å²) in [6, 6.07) is -0.831. The van der Waals surface area contributed by atoms with E-state index in [0.717, 1.165) is 0 Å². The SMILES string of the molecule is CCNCC(NC(C)=O)C(=O)O. The highest BCUT2D eigenvalue weighted by molar-refractivity contribution is 5.82. The van der Waals surface area contributed by atoms with Gasteiger partial charge in [0.25, 0.3) is 0 Å². The van der Waals surface area contributed by atoms with Crippen LogP contribution in [0.25, 0.3) is 0 Å². The maximum absolute atomic E-state index is 10.5. The molecule has 0 aromatic carbocycles. The van der Waals surface area contributed by atoms with E-state index in [-0.39, 0.29) is 12.5 Å². The molecular weight excluding hydrogens is 160 g/mol. The van der Waals surface area contributed by atoms with Gasteiger partial charge in [0, 0.05) is 13.5 Å². The van der Waals surface area contributed by atoms with Gasteiger partial charge >= 0.3 is 5.97 Å². The first-order valence-electron chi connectivity index (χ1n) is 3.78. The van der Waals surface area contributed by atoms with E-state index in [9.17, 15) is 9.59 Å². The average Bonchev–Trinajstić information content (AvgIpc) is 1.96. The number of aliphatic carboxylic acids is 1. The zero-order valence-electron chi connectivity index (χ0n) is 7.26. The van der Waals surface area contributed by atoms with E-state index in [2.05, 4.69) is 10.6 Å². The van der Waals surface area contributed by atoms with Gasteiger partial charge in [0.2, 0.25) is 5.91 Å². The summed E-state index contributed by atoms with van der Waals surface area (Å²) in [6.07, 6.45) is 0. The molecule has 12 heavy (non-hydrogen) atoms. The normalized spacial score (nSPS) is 12.2. The first kappa shape index (κ1) is 10.9. The summed E-state index contributed by atoms with van der Waals surface area (Å²) < 4.78 is 0. The molecule has 0 heterocycles. The van der Waals surface area contributed by atoms with Crippen molar-refractivity contribution in [3.8, 4) is 0 Å². The van der Waals surface area contributed by atoms with E-state index in [1.165, 1.54) is 6.92 Å². The van der Waals surface area contributed by atoms with Crippen molar-refractivity contribution < 1.29 is 14.7 Å². The van der Waals surface area contributed by atoms with Crippen LogP contribution in [0.2, 0.25) is 0 Å². The second kappa shape index (κ2) is 5.54.